The lowest BCUT2D eigenvalue weighted by Gasteiger charge is -2.18. The second-order valence-electron chi connectivity index (χ2n) is 4.28. The van der Waals surface area contributed by atoms with Crippen LogP contribution in [0.4, 0.5) is 14.9 Å². The lowest BCUT2D eigenvalue weighted by Crippen LogP contribution is -2.30. The van der Waals surface area contributed by atoms with Gasteiger partial charge in [-0.25, -0.2) is 9.18 Å². The molecule has 2 amide bonds. The minimum Gasteiger partial charge on any atom is -0.323 e. The molecule has 0 fully saturated rings. The van der Waals surface area contributed by atoms with Crippen LogP contribution in [0, 0.1) is 5.82 Å². The summed E-state index contributed by atoms with van der Waals surface area (Å²) in [4.78, 5) is 13.5. The molecule has 0 heterocycles. The average Bonchev–Trinajstić information content (AvgIpc) is 2.40. The molecule has 2 aromatic carbocycles. The Morgan fingerprint density at radius 2 is 1.89 bits per heavy atom. The van der Waals surface area contributed by atoms with Crippen molar-refractivity contribution in [3.63, 3.8) is 0 Å². The van der Waals surface area contributed by atoms with Crippen molar-refractivity contribution in [2.75, 3.05) is 12.4 Å². The molecule has 4 heteroatoms. The summed E-state index contributed by atoms with van der Waals surface area (Å²) in [7, 11) is 1.70. The molecule has 0 bridgehead atoms. The lowest BCUT2D eigenvalue weighted by atomic mass is 10.2. The summed E-state index contributed by atoms with van der Waals surface area (Å²) in [6.45, 7) is 0.502. The van der Waals surface area contributed by atoms with E-state index < -0.39 is 0 Å². The molecule has 0 saturated carbocycles. The maximum absolute atomic E-state index is 13.0. The van der Waals surface area contributed by atoms with E-state index >= 15 is 0 Å². The Morgan fingerprint density at radius 3 is 2.58 bits per heavy atom. The van der Waals surface area contributed by atoms with Gasteiger partial charge >= 0.3 is 6.03 Å². The van der Waals surface area contributed by atoms with Gasteiger partial charge in [-0.05, 0) is 23.8 Å². The maximum atomic E-state index is 13.0. The summed E-state index contributed by atoms with van der Waals surface area (Å²) in [6.07, 6.45) is 0. The molecule has 19 heavy (non-hydrogen) atoms. The van der Waals surface area contributed by atoms with Crippen LogP contribution in [-0.4, -0.2) is 18.0 Å². The van der Waals surface area contributed by atoms with Crippen molar-refractivity contribution in [1.82, 2.24) is 4.90 Å². The zero-order valence-corrected chi connectivity index (χ0v) is 10.6. The number of nitrogens with zero attached hydrogens (tertiary/aromatic N) is 1. The molecule has 98 valence electrons. The first-order valence-electron chi connectivity index (χ1n) is 5.97. The molecule has 0 unspecified atom stereocenters. The Morgan fingerprint density at radius 1 is 1.16 bits per heavy atom. The van der Waals surface area contributed by atoms with E-state index in [1.165, 1.54) is 12.1 Å². The third-order valence-electron chi connectivity index (χ3n) is 2.69. The van der Waals surface area contributed by atoms with Gasteiger partial charge in [-0.2, -0.15) is 0 Å². The van der Waals surface area contributed by atoms with Gasteiger partial charge in [-0.3, -0.25) is 0 Å². The van der Waals surface area contributed by atoms with Gasteiger partial charge in [0.05, 0.1) is 0 Å². The number of benzene rings is 2. The van der Waals surface area contributed by atoms with Gasteiger partial charge in [-0.1, -0.05) is 36.4 Å². The second-order valence-corrected chi connectivity index (χ2v) is 4.28. The molecule has 0 aliphatic heterocycles. The van der Waals surface area contributed by atoms with Gasteiger partial charge in [0.2, 0.25) is 0 Å². The van der Waals surface area contributed by atoms with Gasteiger partial charge in [0.1, 0.15) is 5.82 Å². The highest BCUT2D eigenvalue weighted by Gasteiger charge is 2.09. The highest BCUT2D eigenvalue weighted by molar-refractivity contribution is 5.89. The number of rotatable bonds is 3. The molecule has 1 N–H and O–H groups in total. The maximum Gasteiger partial charge on any atom is 0.321 e. The Kier molecular flexibility index (Phi) is 4.13. The van der Waals surface area contributed by atoms with E-state index in [0.717, 1.165) is 5.56 Å². The van der Waals surface area contributed by atoms with E-state index in [9.17, 15) is 9.18 Å². The summed E-state index contributed by atoms with van der Waals surface area (Å²) in [5.41, 5.74) is 1.49. The molecule has 0 atom stereocenters. The highest BCUT2D eigenvalue weighted by Crippen LogP contribution is 2.10. The van der Waals surface area contributed by atoms with Crippen molar-refractivity contribution in [2.24, 2.45) is 0 Å². The summed E-state index contributed by atoms with van der Waals surface area (Å²) >= 11 is 0. The molecule has 2 aromatic rings. The van der Waals surface area contributed by atoms with E-state index in [4.69, 9.17) is 0 Å². The first-order valence-corrected chi connectivity index (χ1v) is 5.97. The van der Waals surface area contributed by atoms with Crippen LogP contribution in [0.3, 0.4) is 0 Å². The fourth-order valence-corrected chi connectivity index (χ4v) is 1.71. The van der Waals surface area contributed by atoms with Gasteiger partial charge in [0.15, 0.2) is 0 Å². The highest BCUT2D eigenvalue weighted by atomic mass is 19.1. The SMILES string of the molecule is CN(Cc1ccccc1)C(=O)Nc1cccc(F)c1. The number of amides is 2. The predicted molar refractivity (Wildman–Crippen MR) is 73.3 cm³/mol. The quantitative estimate of drug-likeness (QED) is 0.898. The normalized spacial score (nSPS) is 10.0. The lowest BCUT2D eigenvalue weighted by molar-refractivity contribution is 0.220. The van der Waals surface area contributed by atoms with Crippen LogP contribution in [0.1, 0.15) is 5.56 Å². The molecule has 0 aliphatic rings. The fourth-order valence-electron chi connectivity index (χ4n) is 1.71. The number of hydrogen-bond donors (Lipinski definition) is 1. The molecule has 0 aromatic heterocycles. The minimum absolute atomic E-state index is 0.269. The summed E-state index contributed by atoms with van der Waals surface area (Å²) in [5, 5.41) is 2.65. The largest absolute Gasteiger partial charge is 0.323 e. The van der Waals surface area contributed by atoms with Gasteiger partial charge in [0, 0.05) is 19.3 Å². The summed E-state index contributed by atoms with van der Waals surface area (Å²) < 4.78 is 13.0. The van der Waals surface area contributed by atoms with Crippen molar-refractivity contribution in [2.45, 2.75) is 6.54 Å². The topological polar surface area (TPSA) is 32.3 Å². The number of anilines is 1. The van der Waals surface area contributed by atoms with Crippen molar-refractivity contribution in [3.05, 3.63) is 66.0 Å². The molecule has 3 nitrogen and oxygen atoms in total. The van der Waals surface area contributed by atoms with Crippen LogP contribution in [0.2, 0.25) is 0 Å². The number of nitrogens with one attached hydrogen (secondary N) is 1. The van der Waals surface area contributed by atoms with Gasteiger partial charge in [0.25, 0.3) is 0 Å². The predicted octanol–water partition coefficient (Wildman–Crippen LogP) is 3.49. The molecule has 0 saturated heterocycles. The Labute approximate surface area is 111 Å². The Hall–Kier alpha value is -2.36. The molecule has 2 rings (SSSR count). The first-order chi connectivity index (χ1) is 9.15. The zero-order valence-electron chi connectivity index (χ0n) is 10.6. The summed E-state index contributed by atoms with van der Waals surface area (Å²) in [5.74, 6) is -0.372. The molecule has 0 spiro atoms. The third-order valence-corrected chi connectivity index (χ3v) is 2.69. The Balaban J connectivity index is 1.96. The van der Waals surface area contributed by atoms with E-state index in [0.29, 0.717) is 12.2 Å². The standard InChI is InChI=1S/C15H15FN2O/c1-18(11-12-6-3-2-4-7-12)15(19)17-14-9-5-8-13(16)10-14/h2-10H,11H2,1H3,(H,17,19). The third kappa shape index (κ3) is 3.81. The summed E-state index contributed by atoms with van der Waals surface area (Å²) in [6, 6.07) is 15.2. The second kappa shape index (κ2) is 6.00. The minimum atomic E-state index is -0.372. The van der Waals surface area contributed by atoms with Gasteiger partial charge in [-0.15, -0.1) is 0 Å². The number of carbonyl (C=O) groups excluding carboxylic acids is 1. The number of carbonyl (C=O) groups is 1. The first kappa shape index (κ1) is 13.1. The van der Waals surface area contributed by atoms with Crippen LogP contribution in [0.25, 0.3) is 0 Å². The number of hydrogen-bond acceptors (Lipinski definition) is 1. The van der Waals surface area contributed by atoms with Crippen LogP contribution in [0.15, 0.2) is 54.6 Å². The van der Waals surface area contributed by atoms with E-state index in [-0.39, 0.29) is 11.8 Å². The molecule has 0 aliphatic carbocycles. The van der Waals surface area contributed by atoms with E-state index in [1.54, 1.807) is 24.1 Å². The average molecular weight is 258 g/mol. The van der Waals surface area contributed by atoms with E-state index in [1.807, 2.05) is 30.3 Å². The number of urea groups is 1. The smallest absolute Gasteiger partial charge is 0.321 e. The monoisotopic (exact) mass is 258 g/mol. The van der Waals surface area contributed by atoms with Crippen LogP contribution >= 0.6 is 0 Å². The van der Waals surface area contributed by atoms with Crippen molar-refractivity contribution in [1.29, 1.82) is 0 Å². The molecule has 0 radical (unpaired) electrons. The van der Waals surface area contributed by atoms with Crippen molar-refractivity contribution < 1.29 is 9.18 Å². The molecular weight excluding hydrogens is 243 g/mol. The van der Waals surface area contributed by atoms with E-state index in [2.05, 4.69) is 5.32 Å². The fraction of sp³-hybridized carbons (Fsp3) is 0.133. The van der Waals surface area contributed by atoms with Crippen molar-refractivity contribution in [3.8, 4) is 0 Å². The number of halogens is 1. The van der Waals surface area contributed by atoms with Crippen molar-refractivity contribution >= 4 is 11.7 Å². The van der Waals surface area contributed by atoms with Gasteiger partial charge < -0.3 is 10.2 Å². The Bertz CT molecular complexity index is 557. The van der Waals surface area contributed by atoms with Crippen LogP contribution in [-0.2, 0) is 6.54 Å². The molecular formula is C15H15FN2O. The zero-order chi connectivity index (χ0) is 13.7. The van der Waals surface area contributed by atoms with Crippen LogP contribution in [0.5, 0.6) is 0 Å². The van der Waals surface area contributed by atoms with Crippen LogP contribution < -0.4 is 5.32 Å².